The molecule has 0 aliphatic carbocycles. The normalized spacial score (nSPS) is 17.4. The molecule has 1 heterocycles. The molecule has 0 aromatic rings. The van der Waals surface area contributed by atoms with Crippen molar-refractivity contribution in [3.63, 3.8) is 0 Å². The Balaban J connectivity index is 1.97. The Kier molecular flexibility index (Phi) is 7.60. The van der Waals surface area contributed by atoms with E-state index in [-0.39, 0.29) is 0 Å². The molecule has 1 rings (SSSR count). The van der Waals surface area contributed by atoms with Gasteiger partial charge in [0.05, 0.1) is 0 Å². The lowest BCUT2D eigenvalue weighted by atomic mass is 10.1. The molecule has 17 heavy (non-hydrogen) atoms. The number of carbonyl (C=O) groups is 1. The summed E-state index contributed by atoms with van der Waals surface area (Å²) >= 11 is 3.44. The number of nitrogens with zero attached hydrogens (tertiary/aromatic N) is 2. The van der Waals surface area contributed by atoms with Crippen LogP contribution in [0.1, 0.15) is 32.1 Å². The molecule has 0 spiro atoms. The standard InChI is InChI=1S/C12H23BrN2O2/c13-6-4-2-1-3-5-7-14-8-10-15(11-9-14)12(16)17/h1-11H2,(H,16,17). The Morgan fingerprint density at radius 1 is 1.00 bits per heavy atom. The van der Waals surface area contributed by atoms with Crippen LogP contribution in [0.3, 0.4) is 0 Å². The lowest BCUT2D eigenvalue weighted by molar-refractivity contribution is 0.105. The Bertz CT molecular complexity index is 219. The number of rotatable bonds is 7. The molecule has 1 fully saturated rings. The van der Waals surface area contributed by atoms with Gasteiger partial charge in [0.25, 0.3) is 0 Å². The van der Waals surface area contributed by atoms with E-state index in [4.69, 9.17) is 5.11 Å². The topological polar surface area (TPSA) is 43.8 Å². The van der Waals surface area contributed by atoms with Crippen LogP contribution in [0.5, 0.6) is 0 Å². The molecule has 0 aromatic heterocycles. The highest BCUT2D eigenvalue weighted by Gasteiger charge is 2.19. The summed E-state index contributed by atoms with van der Waals surface area (Å²) in [4.78, 5) is 14.6. The fourth-order valence-corrected chi connectivity index (χ4v) is 2.52. The maximum Gasteiger partial charge on any atom is 0.407 e. The number of amides is 1. The van der Waals surface area contributed by atoms with Gasteiger partial charge in [0.2, 0.25) is 0 Å². The molecule has 1 aliphatic rings. The fraction of sp³-hybridized carbons (Fsp3) is 0.917. The van der Waals surface area contributed by atoms with Crippen LogP contribution < -0.4 is 0 Å². The van der Waals surface area contributed by atoms with Gasteiger partial charge in [-0.2, -0.15) is 0 Å². The molecular formula is C12H23BrN2O2. The third kappa shape index (κ3) is 6.27. The number of unbranched alkanes of at least 4 members (excludes halogenated alkanes) is 4. The van der Waals surface area contributed by atoms with Crippen molar-refractivity contribution in [1.82, 2.24) is 9.80 Å². The number of alkyl halides is 1. The van der Waals surface area contributed by atoms with Crippen LogP contribution >= 0.6 is 15.9 Å². The average molecular weight is 307 g/mol. The molecule has 0 saturated carbocycles. The van der Waals surface area contributed by atoms with E-state index in [1.54, 1.807) is 0 Å². The average Bonchev–Trinajstić information content (AvgIpc) is 2.34. The van der Waals surface area contributed by atoms with Crippen LogP contribution in [-0.2, 0) is 0 Å². The molecule has 1 amide bonds. The summed E-state index contributed by atoms with van der Waals surface area (Å²) in [7, 11) is 0. The maximum absolute atomic E-state index is 10.7. The summed E-state index contributed by atoms with van der Waals surface area (Å²) in [6.45, 7) is 4.25. The summed E-state index contributed by atoms with van der Waals surface area (Å²) in [5.41, 5.74) is 0. The van der Waals surface area contributed by atoms with Crippen molar-refractivity contribution in [1.29, 1.82) is 0 Å². The predicted octanol–water partition coefficient (Wildman–Crippen LogP) is 2.63. The molecular weight excluding hydrogens is 284 g/mol. The van der Waals surface area contributed by atoms with E-state index < -0.39 is 6.09 Å². The van der Waals surface area contributed by atoms with E-state index in [1.165, 1.54) is 37.0 Å². The van der Waals surface area contributed by atoms with Crippen LogP contribution in [0.15, 0.2) is 0 Å². The van der Waals surface area contributed by atoms with Crippen molar-refractivity contribution in [2.75, 3.05) is 38.1 Å². The van der Waals surface area contributed by atoms with Gasteiger partial charge in [0.15, 0.2) is 0 Å². The highest BCUT2D eigenvalue weighted by molar-refractivity contribution is 9.09. The van der Waals surface area contributed by atoms with Gasteiger partial charge in [0, 0.05) is 31.5 Å². The second-order valence-corrected chi connectivity index (χ2v) is 5.36. The lowest BCUT2D eigenvalue weighted by Gasteiger charge is -2.33. The van der Waals surface area contributed by atoms with Crippen molar-refractivity contribution in [2.45, 2.75) is 32.1 Å². The first kappa shape index (κ1) is 14.8. The zero-order valence-electron chi connectivity index (χ0n) is 10.4. The number of hydrogen-bond donors (Lipinski definition) is 1. The summed E-state index contributed by atoms with van der Waals surface area (Å²) in [5.74, 6) is 0. The summed E-state index contributed by atoms with van der Waals surface area (Å²) in [6.07, 6.45) is 5.68. The highest BCUT2D eigenvalue weighted by Crippen LogP contribution is 2.07. The van der Waals surface area contributed by atoms with Gasteiger partial charge >= 0.3 is 6.09 Å². The molecule has 0 aromatic carbocycles. The van der Waals surface area contributed by atoms with E-state index in [1.807, 2.05) is 0 Å². The second kappa shape index (κ2) is 8.75. The Labute approximate surface area is 112 Å². The number of hydrogen-bond acceptors (Lipinski definition) is 2. The SMILES string of the molecule is O=C(O)N1CCN(CCCCCCCBr)CC1. The first-order valence-corrected chi connectivity index (χ1v) is 7.62. The molecule has 0 atom stereocenters. The van der Waals surface area contributed by atoms with Gasteiger partial charge in [-0.15, -0.1) is 0 Å². The molecule has 4 nitrogen and oxygen atoms in total. The number of halogens is 1. The second-order valence-electron chi connectivity index (χ2n) is 4.57. The Morgan fingerprint density at radius 3 is 2.18 bits per heavy atom. The minimum Gasteiger partial charge on any atom is -0.465 e. The van der Waals surface area contributed by atoms with Gasteiger partial charge in [-0.3, -0.25) is 4.90 Å². The molecule has 1 N–H and O–H groups in total. The molecule has 0 bridgehead atoms. The van der Waals surface area contributed by atoms with E-state index in [9.17, 15) is 4.79 Å². The van der Waals surface area contributed by atoms with Crippen molar-refractivity contribution in [2.24, 2.45) is 0 Å². The minimum atomic E-state index is -0.778. The Hall–Kier alpha value is -0.290. The lowest BCUT2D eigenvalue weighted by Crippen LogP contribution is -2.48. The minimum absolute atomic E-state index is 0.666. The third-order valence-corrected chi connectivity index (χ3v) is 3.81. The van der Waals surface area contributed by atoms with E-state index >= 15 is 0 Å². The maximum atomic E-state index is 10.7. The van der Waals surface area contributed by atoms with Crippen LogP contribution in [0.4, 0.5) is 4.79 Å². The van der Waals surface area contributed by atoms with Crippen molar-refractivity contribution in [3.05, 3.63) is 0 Å². The van der Waals surface area contributed by atoms with E-state index in [0.29, 0.717) is 13.1 Å². The zero-order valence-corrected chi connectivity index (χ0v) is 12.0. The molecule has 1 aliphatic heterocycles. The summed E-state index contributed by atoms with van der Waals surface area (Å²) < 4.78 is 0. The fourth-order valence-electron chi connectivity index (χ4n) is 2.12. The predicted molar refractivity (Wildman–Crippen MR) is 72.9 cm³/mol. The van der Waals surface area contributed by atoms with Gasteiger partial charge < -0.3 is 10.0 Å². The van der Waals surface area contributed by atoms with Crippen molar-refractivity contribution in [3.8, 4) is 0 Å². The molecule has 1 saturated heterocycles. The molecule has 0 unspecified atom stereocenters. The largest absolute Gasteiger partial charge is 0.465 e. The summed E-state index contributed by atoms with van der Waals surface area (Å²) in [5, 5.41) is 9.94. The van der Waals surface area contributed by atoms with E-state index in [0.717, 1.165) is 25.0 Å². The smallest absolute Gasteiger partial charge is 0.407 e. The van der Waals surface area contributed by atoms with Gasteiger partial charge in [-0.25, -0.2) is 4.79 Å². The zero-order chi connectivity index (χ0) is 12.5. The highest BCUT2D eigenvalue weighted by atomic mass is 79.9. The van der Waals surface area contributed by atoms with Crippen molar-refractivity contribution >= 4 is 22.0 Å². The monoisotopic (exact) mass is 306 g/mol. The van der Waals surface area contributed by atoms with Crippen molar-refractivity contribution < 1.29 is 9.90 Å². The summed E-state index contributed by atoms with van der Waals surface area (Å²) in [6, 6.07) is 0. The molecule has 0 radical (unpaired) electrons. The third-order valence-electron chi connectivity index (χ3n) is 3.25. The number of piperazine rings is 1. The van der Waals surface area contributed by atoms with Gasteiger partial charge in [-0.1, -0.05) is 35.2 Å². The van der Waals surface area contributed by atoms with Crippen LogP contribution in [0, 0.1) is 0 Å². The molecule has 5 heteroatoms. The quantitative estimate of drug-likeness (QED) is 0.581. The van der Waals surface area contributed by atoms with Gasteiger partial charge in [0.1, 0.15) is 0 Å². The van der Waals surface area contributed by atoms with Crippen LogP contribution in [0.2, 0.25) is 0 Å². The number of carboxylic acid groups (broad SMARTS) is 1. The molecule has 100 valence electrons. The van der Waals surface area contributed by atoms with Crippen LogP contribution in [-0.4, -0.2) is 59.1 Å². The van der Waals surface area contributed by atoms with E-state index in [2.05, 4.69) is 20.8 Å². The first-order chi connectivity index (χ1) is 8.24. The first-order valence-electron chi connectivity index (χ1n) is 6.50. The van der Waals surface area contributed by atoms with Gasteiger partial charge in [-0.05, 0) is 19.4 Å². The Morgan fingerprint density at radius 2 is 1.59 bits per heavy atom. The van der Waals surface area contributed by atoms with Crippen LogP contribution in [0.25, 0.3) is 0 Å².